The van der Waals surface area contributed by atoms with E-state index in [0.717, 1.165) is 11.3 Å². The number of benzene rings is 1. The van der Waals surface area contributed by atoms with Crippen molar-refractivity contribution < 1.29 is 4.74 Å². The molecule has 0 aliphatic rings. The summed E-state index contributed by atoms with van der Waals surface area (Å²) in [5.74, 6) is 7.10. The lowest BCUT2D eigenvalue weighted by atomic mass is 10.1. The summed E-state index contributed by atoms with van der Waals surface area (Å²) in [4.78, 5) is 8.55. The highest BCUT2D eigenvalue weighted by Crippen LogP contribution is 2.27. The molecule has 0 aliphatic heterocycles. The second kappa shape index (κ2) is 4.82. The molecule has 0 aliphatic carbocycles. The van der Waals surface area contributed by atoms with Gasteiger partial charge in [-0.05, 0) is 25.5 Å². The van der Waals surface area contributed by atoms with Crippen molar-refractivity contribution in [3.63, 3.8) is 0 Å². The zero-order valence-corrected chi connectivity index (χ0v) is 11.3. The molecule has 0 radical (unpaired) electrons. The first-order valence-electron chi connectivity index (χ1n) is 6.23. The second-order valence-corrected chi connectivity index (χ2v) is 4.60. The summed E-state index contributed by atoms with van der Waals surface area (Å²) in [5, 5.41) is 0. The van der Waals surface area contributed by atoms with Gasteiger partial charge in [0.1, 0.15) is 5.75 Å². The molecule has 6 nitrogen and oxygen atoms in total. The molecule has 0 fully saturated rings. The first-order valence-corrected chi connectivity index (χ1v) is 6.23. The lowest BCUT2D eigenvalue weighted by Crippen LogP contribution is -2.10. The first kappa shape index (κ1) is 12.4. The minimum Gasteiger partial charge on any atom is -0.436 e. The molecule has 1 aromatic carbocycles. The summed E-state index contributed by atoms with van der Waals surface area (Å²) >= 11 is 0. The number of nitrogens with two attached hydrogens (primary N) is 1. The molecule has 0 saturated heterocycles. The number of hydrazine groups is 1. The fourth-order valence-corrected chi connectivity index (χ4v) is 2.06. The summed E-state index contributed by atoms with van der Waals surface area (Å²) in [6.45, 7) is 4.04. The number of nitrogens with zero attached hydrogens (tertiary/aromatic N) is 3. The Kier molecular flexibility index (Phi) is 3.00. The molecule has 3 N–H and O–H groups in total. The molecule has 0 unspecified atom stereocenters. The third kappa shape index (κ3) is 2.17. The first-order chi connectivity index (χ1) is 9.67. The lowest BCUT2D eigenvalue weighted by molar-refractivity contribution is 0.462. The van der Waals surface area contributed by atoms with E-state index in [-0.39, 0.29) is 0 Å². The average Bonchev–Trinajstić information content (AvgIpc) is 2.90. The number of nitrogens with one attached hydrogen (secondary N) is 1. The summed E-state index contributed by atoms with van der Waals surface area (Å²) in [6.07, 6.45) is 5.25. The Balaban J connectivity index is 2.07. The molecule has 0 saturated carbocycles. The molecule has 3 rings (SSSR count). The molecule has 0 atom stereocenters. The maximum absolute atomic E-state index is 5.89. The van der Waals surface area contributed by atoms with Crippen molar-refractivity contribution in [2.45, 2.75) is 13.8 Å². The molecule has 0 bridgehead atoms. The van der Waals surface area contributed by atoms with Gasteiger partial charge < -0.3 is 10.2 Å². The number of fused-ring (bicyclic) bond motifs is 1. The van der Waals surface area contributed by atoms with Crippen molar-refractivity contribution in [3.05, 3.63) is 47.9 Å². The van der Waals surface area contributed by atoms with Crippen LogP contribution < -0.4 is 16.0 Å². The molecular weight excluding hydrogens is 254 g/mol. The average molecular weight is 269 g/mol. The molecule has 2 heterocycles. The maximum atomic E-state index is 5.89. The smallest absolute Gasteiger partial charge is 0.265 e. The van der Waals surface area contributed by atoms with Crippen LogP contribution in [0.5, 0.6) is 11.6 Å². The van der Waals surface area contributed by atoms with Crippen LogP contribution in [0.3, 0.4) is 0 Å². The normalized spacial score (nSPS) is 10.8. The van der Waals surface area contributed by atoms with Crippen LogP contribution in [0, 0.1) is 13.8 Å². The Labute approximate surface area is 116 Å². The molecular formula is C14H15N5O. The van der Waals surface area contributed by atoms with Gasteiger partial charge in [-0.25, -0.2) is 10.8 Å². The van der Waals surface area contributed by atoms with Gasteiger partial charge >= 0.3 is 0 Å². The number of ether oxygens (including phenoxy) is 1. The minimum absolute atomic E-state index is 0.414. The fourth-order valence-electron chi connectivity index (χ4n) is 2.06. The molecule has 2 aromatic heterocycles. The zero-order chi connectivity index (χ0) is 14.1. The van der Waals surface area contributed by atoms with Crippen molar-refractivity contribution in [1.29, 1.82) is 0 Å². The van der Waals surface area contributed by atoms with Gasteiger partial charge in [0, 0.05) is 12.4 Å². The van der Waals surface area contributed by atoms with Crippen molar-refractivity contribution in [2.75, 3.05) is 5.43 Å². The van der Waals surface area contributed by atoms with Gasteiger partial charge in [0.2, 0.25) is 5.65 Å². The Morgan fingerprint density at radius 2 is 2.15 bits per heavy atom. The number of hydrogen-bond acceptors (Lipinski definition) is 5. The predicted molar refractivity (Wildman–Crippen MR) is 76.8 cm³/mol. The third-order valence-corrected chi connectivity index (χ3v) is 3.03. The van der Waals surface area contributed by atoms with Gasteiger partial charge in [-0.15, -0.1) is 0 Å². The minimum atomic E-state index is 0.414. The number of nitrogen functional groups attached to an aromatic ring is 1. The number of anilines is 1. The van der Waals surface area contributed by atoms with Gasteiger partial charge in [-0.3, -0.25) is 4.40 Å². The SMILES string of the molecule is Cc1ccc(Oc2nc(NN)cn3ccnc23)c(C)c1. The molecule has 20 heavy (non-hydrogen) atoms. The van der Waals surface area contributed by atoms with E-state index in [0.29, 0.717) is 17.3 Å². The van der Waals surface area contributed by atoms with Crippen LogP contribution in [0.2, 0.25) is 0 Å². The highest BCUT2D eigenvalue weighted by atomic mass is 16.5. The van der Waals surface area contributed by atoms with Crippen LogP contribution in [0.4, 0.5) is 5.82 Å². The van der Waals surface area contributed by atoms with Gasteiger partial charge in [0.05, 0.1) is 6.20 Å². The van der Waals surface area contributed by atoms with Crippen LogP contribution in [0.15, 0.2) is 36.8 Å². The van der Waals surface area contributed by atoms with Crippen LogP contribution in [0.1, 0.15) is 11.1 Å². The predicted octanol–water partition coefficient (Wildman–Crippen LogP) is 2.42. The van der Waals surface area contributed by atoms with E-state index < -0.39 is 0 Å². The van der Waals surface area contributed by atoms with E-state index >= 15 is 0 Å². The van der Waals surface area contributed by atoms with E-state index in [1.165, 1.54) is 5.56 Å². The number of imidazole rings is 1. The lowest BCUT2D eigenvalue weighted by Gasteiger charge is -2.10. The number of rotatable bonds is 3. The number of aromatic nitrogens is 3. The quantitative estimate of drug-likeness (QED) is 0.564. The van der Waals surface area contributed by atoms with Crippen LogP contribution in [-0.4, -0.2) is 14.4 Å². The topological polar surface area (TPSA) is 77.5 Å². The number of hydrogen-bond donors (Lipinski definition) is 2. The Hall–Kier alpha value is -2.60. The molecule has 0 amide bonds. The van der Waals surface area contributed by atoms with Crippen molar-refractivity contribution >= 4 is 11.5 Å². The highest BCUT2D eigenvalue weighted by Gasteiger charge is 2.11. The van der Waals surface area contributed by atoms with E-state index in [9.17, 15) is 0 Å². The van der Waals surface area contributed by atoms with Crippen LogP contribution >= 0.6 is 0 Å². The van der Waals surface area contributed by atoms with E-state index in [2.05, 4.69) is 21.5 Å². The fraction of sp³-hybridized carbons (Fsp3) is 0.143. The number of aryl methyl sites for hydroxylation is 2. The Bertz CT molecular complexity index is 765. The summed E-state index contributed by atoms with van der Waals surface area (Å²) in [6, 6.07) is 5.98. The Morgan fingerprint density at radius 3 is 2.90 bits per heavy atom. The van der Waals surface area contributed by atoms with Crippen molar-refractivity contribution in [1.82, 2.24) is 14.4 Å². The van der Waals surface area contributed by atoms with Crippen molar-refractivity contribution in [2.24, 2.45) is 5.84 Å². The highest BCUT2D eigenvalue weighted by molar-refractivity contribution is 5.55. The standard InChI is InChI=1S/C14H15N5O/c1-9-3-4-11(10(2)7-9)20-14-13-16-5-6-19(13)8-12(17-14)18-15/h3-8,18H,15H2,1-2H3. The van der Waals surface area contributed by atoms with Gasteiger partial charge in [0.15, 0.2) is 5.82 Å². The van der Waals surface area contributed by atoms with Gasteiger partial charge in [0.25, 0.3) is 5.88 Å². The summed E-state index contributed by atoms with van der Waals surface area (Å²) in [7, 11) is 0. The van der Waals surface area contributed by atoms with E-state index in [1.54, 1.807) is 16.8 Å². The third-order valence-electron chi connectivity index (χ3n) is 3.03. The van der Waals surface area contributed by atoms with Gasteiger partial charge in [-0.2, -0.15) is 4.98 Å². The molecule has 6 heteroatoms. The van der Waals surface area contributed by atoms with Crippen molar-refractivity contribution in [3.8, 4) is 11.6 Å². The summed E-state index contributed by atoms with van der Waals surface area (Å²) < 4.78 is 7.69. The van der Waals surface area contributed by atoms with E-state index in [4.69, 9.17) is 10.6 Å². The Morgan fingerprint density at radius 1 is 1.30 bits per heavy atom. The molecule has 102 valence electrons. The van der Waals surface area contributed by atoms with Gasteiger partial charge in [-0.1, -0.05) is 17.7 Å². The zero-order valence-electron chi connectivity index (χ0n) is 11.3. The molecule has 0 spiro atoms. The molecule has 3 aromatic rings. The largest absolute Gasteiger partial charge is 0.436 e. The monoisotopic (exact) mass is 269 g/mol. The second-order valence-electron chi connectivity index (χ2n) is 4.60. The van der Waals surface area contributed by atoms with Crippen LogP contribution in [0.25, 0.3) is 5.65 Å². The summed E-state index contributed by atoms with van der Waals surface area (Å²) in [5.41, 5.74) is 5.39. The maximum Gasteiger partial charge on any atom is 0.265 e. The van der Waals surface area contributed by atoms with E-state index in [1.807, 2.05) is 32.2 Å². The van der Waals surface area contributed by atoms with Crippen LogP contribution in [-0.2, 0) is 0 Å².